The van der Waals surface area contributed by atoms with Crippen molar-refractivity contribution in [3.8, 4) is 0 Å². The van der Waals surface area contributed by atoms with Crippen LogP contribution in [0.1, 0.15) is 54.5 Å². The molecule has 0 aliphatic carbocycles. The van der Waals surface area contributed by atoms with Gasteiger partial charge in [0.15, 0.2) is 0 Å². The van der Waals surface area contributed by atoms with E-state index in [0.29, 0.717) is 25.2 Å². The number of hydrogen-bond donors (Lipinski definition) is 0. The minimum Gasteiger partial charge on any atom is -0.339 e. The van der Waals surface area contributed by atoms with E-state index in [2.05, 4.69) is 18.8 Å². The third-order valence-electron chi connectivity index (χ3n) is 4.13. The molecule has 5 nitrogen and oxygen atoms in total. The molecule has 0 spiro atoms. The number of para-hydroxylation sites is 1. The second-order valence-electron chi connectivity index (χ2n) is 6.11. The molecule has 0 atom stereocenters. The summed E-state index contributed by atoms with van der Waals surface area (Å²) in [5.41, 5.74) is 1.61. The molecule has 1 aromatic carbocycles. The highest BCUT2D eigenvalue weighted by Gasteiger charge is 2.20. The van der Waals surface area contributed by atoms with Crippen LogP contribution in [0.2, 0.25) is 0 Å². The van der Waals surface area contributed by atoms with Gasteiger partial charge in [0.05, 0.1) is 0 Å². The monoisotopic (exact) mass is 353 g/mol. The number of nitrogens with zero attached hydrogens (tertiary/aromatic N) is 3. The molecule has 26 heavy (non-hydrogen) atoms. The lowest BCUT2D eigenvalue weighted by molar-refractivity contribution is 0.0755. The van der Waals surface area contributed by atoms with E-state index in [4.69, 9.17) is 0 Å². The number of carbonyl (C=O) groups is 2. The largest absolute Gasteiger partial charge is 0.339 e. The Morgan fingerprint density at radius 2 is 1.58 bits per heavy atom. The van der Waals surface area contributed by atoms with E-state index in [-0.39, 0.29) is 17.5 Å². The molecule has 2 aromatic rings. The Morgan fingerprint density at radius 1 is 0.923 bits per heavy atom. The molecule has 0 saturated carbocycles. The standard InChI is InChI=1S/C21H27N3O2/c1-4-14-23(15-5-2)20(25)17-12-13-22-19(16-17)21(26)24(6-3)18-10-8-7-9-11-18/h7-13,16H,4-6,14-15H2,1-3H3. The second kappa shape index (κ2) is 9.70. The maximum atomic E-state index is 12.9. The first-order valence-electron chi connectivity index (χ1n) is 9.24. The van der Waals surface area contributed by atoms with E-state index >= 15 is 0 Å². The van der Waals surface area contributed by atoms with Crippen molar-refractivity contribution in [3.05, 3.63) is 59.9 Å². The van der Waals surface area contributed by atoms with Gasteiger partial charge in [-0.1, -0.05) is 32.0 Å². The van der Waals surface area contributed by atoms with Crippen LogP contribution in [0.25, 0.3) is 0 Å². The Bertz CT molecular complexity index is 725. The summed E-state index contributed by atoms with van der Waals surface area (Å²) in [5.74, 6) is -0.251. The van der Waals surface area contributed by atoms with Gasteiger partial charge in [-0.05, 0) is 44.0 Å². The van der Waals surface area contributed by atoms with E-state index in [9.17, 15) is 9.59 Å². The summed E-state index contributed by atoms with van der Waals surface area (Å²) in [5, 5.41) is 0. The van der Waals surface area contributed by atoms with E-state index in [0.717, 1.165) is 18.5 Å². The number of benzene rings is 1. The SMILES string of the molecule is CCCN(CCC)C(=O)c1ccnc(C(=O)N(CC)c2ccccc2)c1. The van der Waals surface area contributed by atoms with Gasteiger partial charge in [-0.15, -0.1) is 0 Å². The Kier molecular flexibility index (Phi) is 7.33. The molecule has 0 aliphatic rings. The molecule has 0 N–H and O–H groups in total. The highest BCUT2D eigenvalue weighted by atomic mass is 16.2. The highest BCUT2D eigenvalue weighted by molar-refractivity contribution is 6.06. The van der Waals surface area contributed by atoms with Crippen LogP contribution in [0.3, 0.4) is 0 Å². The van der Waals surface area contributed by atoms with Gasteiger partial charge in [0.1, 0.15) is 5.69 Å². The smallest absolute Gasteiger partial charge is 0.276 e. The van der Waals surface area contributed by atoms with Crippen molar-refractivity contribution in [2.45, 2.75) is 33.6 Å². The number of carbonyl (C=O) groups excluding carboxylic acids is 2. The van der Waals surface area contributed by atoms with E-state index in [1.807, 2.05) is 42.2 Å². The zero-order valence-electron chi connectivity index (χ0n) is 15.8. The van der Waals surface area contributed by atoms with Gasteiger partial charge in [0.25, 0.3) is 11.8 Å². The minimum absolute atomic E-state index is 0.0482. The lowest BCUT2D eigenvalue weighted by Gasteiger charge is -2.23. The molecule has 0 radical (unpaired) electrons. The van der Waals surface area contributed by atoms with Crippen LogP contribution in [0.5, 0.6) is 0 Å². The first-order chi connectivity index (χ1) is 12.6. The third-order valence-corrected chi connectivity index (χ3v) is 4.13. The molecule has 1 heterocycles. The molecule has 2 amide bonds. The fraction of sp³-hybridized carbons (Fsp3) is 0.381. The molecule has 0 fully saturated rings. The van der Waals surface area contributed by atoms with Crippen molar-refractivity contribution >= 4 is 17.5 Å². The minimum atomic E-state index is -0.203. The predicted molar refractivity (Wildman–Crippen MR) is 105 cm³/mol. The van der Waals surface area contributed by atoms with Crippen LogP contribution in [-0.4, -0.2) is 41.3 Å². The quantitative estimate of drug-likeness (QED) is 0.720. The molecular formula is C21H27N3O2. The van der Waals surface area contributed by atoms with Crippen molar-refractivity contribution in [1.29, 1.82) is 0 Å². The summed E-state index contributed by atoms with van der Waals surface area (Å²) in [6.07, 6.45) is 3.34. The Labute approximate surface area is 155 Å². The third kappa shape index (κ3) is 4.69. The molecular weight excluding hydrogens is 326 g/mol. The average Bonchev–Trinajstić information content (AvgIpc) is 2.68. The van der Waals surface area contributed by atoms with Crippen molar-refractivity contribution in [3.63, 3.8) is 0 Å². The number of anilines is 1. The maximum Gasteiger partial charge on any atom is 0.276 e. The summed E-state index contributed by atoms with van der Waals surface area (Å²) in [7, 11) is 0. The Morgan fingerprint density at radius 3 is 2.15 bits per heavy atom. The van der Waals surface area contributed by atoms with Crippen LogP contribution in [0.4, 0.5) is 5.69 Å². The van der Waals surface area contributed by atoms with Gasteiger partial charge in [-0.3, -0.25) is 14.6 Å². The van der Waals surface area contributed by atoms with Crippen molar-refractivity contribution in [2.24, 2.45) is 0 Å². The normalized spacial score (nSPS) is 10.4. The molecule has 0 bridgehead atoms. The van der Waals surface area contributed by atoms with E-state index in [1.54, 1.807) is 17.0 Å². The van der Waals surface area contributed by atoms with Gasteiger partial charge >= 0.3 is 0 Å². The number of rotatable bonds is 8. The summed E-state index contributed by atoms with van der Waals surface area (Å²) >= 11 is 0. The number of pyridine rings is 1. The van der Waals surface area contributed by atoms with Crippen molar-refractivity contribution in [1.82, 2.24) is 9.88 Å². The Balaban J connectivity index is 2.27. The lowest BCUT2D eigenvalue weighted by atomic mass is 10.1. The lowest BCUT2D eigenvalue weighted by Crippen LogP contribution is -2.34. The van der Waals surface area contributed by atoms with Crippen molar-refractivity contribution in [2.75, 3.05) is 24.5 Å². The van der Waals surface area contributed by atoms with Crippen molar-refractivity contribution < 1.29 is 9.59 Å². The fourth-order valence-electron chi connectivity index (χ4n) is 2.91. The summed E-state index contributed by atoms with van der Waals surface area (Å²) < 4.78 is 0. The van der Waals surface area contributed by atoms with Gasteiger partial charge in [-0.25, -0.2) is 0 Å². The molecule has 0 saturated heterocycles. The van der Waals surface area contributed by atoms with Crippen LogP contribution in [-0.2, 0) is 0 Å². The van der Waals surface area contributed by atoms with Crippen LogP contribution in [0, 0.1) is 0 Å². The predicted octanol–water partition coefficient (Wildman–Crippen LogP) is 4.01. The molecule has 1 aromatic heterocycles. The van der Waals surface area contributed by atoms with Gasteiger partial charge in [0.2, 0.25) is 0 Å². The highest BCUT2D eigenvalue weighted by Crippen LogP contribution is 2.17. The molecule has 0 unspecified atom stereocenters. The molecule has 5 heteroatoms. The fourth-order valence-corrected chi connectivity index (χ4v) is 2.91. The maximum absolute atomic E-state index is 12.9. The molecule has 2 rings (SSSR count). The second-order valence-corrected chi connectivity index (χ2v) is 6.11. The van der Waals surface area contributed by atoms with Gasteiger partial charge < -0.3 is 9.80 Å². The number of aromatic nitrogens is 1. The summed E-state index contributed by atoms with van der Waals surface area (Å²) in [6, 6.07) is 12.8. The Hall–Kier alpha value is -2.69. The first kappa shape index (κ1) is 19.6. The summed E-state index contributed by atoms with van der Waals surface area (Å²) in [4.78, 5) is 33.4. The van der Waals surface area contributed by atoms with Crippen LogP contribution >= 0.6 is 0 Å². The average molecular weight is 353 g/mol. The number of amides is 2. The van der Waals surface area contributed by atoms with Crippen LogP contribution in [0.15, 0.2) is 48.7 Å². The summed E-state index contributed by atoms with van der Waals surface area (Å²) in [6.45, 7) is 7.98. The zero-order chi connectivity index (χ0) is 18.9. The molecule has 138 valence electrons. The van der Waals surface area contributed by atoms with Gasteiger partial charge in [-0.2, -0.15) is 0 Å². The topological polar surface area (TPSA) is 53.5 Å². The van der Waals surface area contributed by atoms with E-state index in [1.165, 1.54) is 6.20 Å². The van der Waals surface area contributed by atoms with Gasteiger partial charge in [0, 0.05) is 37.1 Å². The van der Waals surface area contributed by atoms with Crippen LogP contribution < -0.4 is 4.90 Å². The first-order valence-corrected chi connectivity index (χ1v) is 9.24. The van der Waals surface area contributed by atoms with E-state index < -0.39 is 0 Å². The molecule has 0 aliphatic heterocycles. The number of hydrogen-bond acceptors (Lipinski definition) is 3. The zero-order valence-corrected chi connectivity index (χ0v) is 15.8.